The van der Waals surface area contributed by atoms with Crippen LogP contribution in [0.1, 0.15) is 36.8 Å². The standard InChI is InChI=1S/C13H26N4O3S/c1-5-7-14-8-6-9-17(4)21(18,19)15-10-13-11(2)16-20-12(13)3/h14-15H,5-10H2,1-4H3. The zero-order valence-corrected chi connectivity index (χ0v) is 14.1. The van der Waals surface area contributed by atoms with E-state index in [9.17, 15) is 8.42 Å². The molecule has 122 valence electrons. The van der Waals surface area contributed by atoms with Gasteiger partial charge in [-0.25, -0.2) is 0 Å². The maximum absolute atomic E-state index is 12.1. The van der Waals surface area contributed by atoms with E-state index in [2.05, 4.69) is 22.1 Å². The second kappa shape index (κ2) is 8.47. The number of aromatic nitrogens is 1. The molecule has 0 aliphatic carbocycles. The first-order valence-electron chi connectivity index (χ1n) is 7.22. The summed E-state index contributed by atoms with van der Waals surface area (Å²) in [5.74, 6) is 0.640. The lowest BCUT2D eigenvalue weighted by Crippen LogP contribution is -2.39. The van der Waals surface area contributed by atoms with Crippen molar-refractivity contribution in [2.24, 2.45) is 0 Å². The molecule has 1 aromatic rings. The molecule has 0 saturated heterocycles. The molecule has 0 saturated carbocycles. The Morgan fingerprint density at radius 2 is 2.00 bits per heavy atom. The maximum Gasteiger partial charge on any atom is 0.279 e. The monoisotopic (exact) mass is 318 g/mol. The molecule has 7 nitrogen and oxygen atoms in total. The molecule has 2 N–H and O–H groups in total. The first-order chi connectivity index (χ1) is 9.88. The summed E-state index contributed by atoms with van der Waals surface area (Å²) >= 11 is 0. The van der Waals surface area contributed by atoms with Crippen LogP contribution in [-0.4, -0.2) is 44.6 Å². The fraction of sp³-hybridized carbons (Fsp3) is 0.769. The topological polar surface area (TPSA) is 87.5 Å². The minimum atomic E-state index is -3.48. The first kappa shape index (κ1) is 18.1. The van der Waals surface area contributed by atoms with Gasteiger partial charge in [-0.2, -0.15) is 17.4 Å². The predicted molar refractivity (Wildman–Crippen MR) is 82.1 cm³/mol. The van der Waals surface area contributed by atoms with Gasteiger partial charge >= 0.3 is 0 Å². The molecular formula is C13H26N4O3S. The Balaban J connectivity index is 2.42. The van der Waals surface area contributed by atoms with Crippen LogP contribution in [0.15, 0.2) is 4.52 Å². The van der Waals surface area contributed by atoms with Gasteiger partial charge in [-0.15, -0.1) is 0 Å². The highest BCUT2D eigenvalue weighted by Gasteiger charge is 2.18. The van der Waals surface area contributed by atoms with Gasteiger partial charge in [0.25, 0.3) is 10.2 Å². The van der Waals surface area contributed by atoms with E-state index in [4.69, 9.17) is 4.52 Å². The fourth-order valence-electron chi connectivity index (χ4n) is 1.88. The third-order valence-electron chi connectivity index (χ3n) is 3.28. The van der Waals surface area contributed by atoms with Crippen LogP contribution in [0.5, 0.6) is 0 Å². The normalized spacial score (nSPS) is 12.2. The molecule has 0 amide bonds. The predicted octanol–water partition coefficient (Wildman–Crippen LogP) is 0.947. The fourth-order valence-corrected chi connectivity index (χ4v) is 2.79. The van der Waals surface area contributed by atoms with Crippen LogP contribution in [0.25, 0.3) is 0 Å². The van der Waals surface area contributed by atoms with E-state index in [0.717, 1.165) is 31.5 Å². The number of rotatable bonds is 10. The molecule has 0 atom stereocenters. The third-order valence-corrected chi connectivity index (χ3v) is 4.79. The van der Waals surface area contributed by atoms with Gasteiger partial charge in [0.1, 0.15) is 5.76 Å². The Morgan fingerprint density at radius 3 is 2.57 bits per heavy atom. The summed E-state index contributed by atoms with van der Waals surface area (Å²) in [7, 11) is -1.90. The SMILES string of the molecule is CCCNCCCN(C)S(=O)(=O)NCc1c(C)noc1C. The number of nitrogens with one attached hydrogen (secondary N) is 2. The Kier molecular flexibility index (Phi) is 7.30. The van der Waals surface area contributed by atoms with Crippen LogP contribution >= 0.6 is 0 Å². The van der Waals surface area contributed by atoms with Crippen molar-refractivity contribution in [3.63, 3.8) is 0 Å². The Labute approximate surface area is 127 Å². The second-order valence-corrected chi connectivity index (χ2v) is 6.92. The largest absolute Gasteiger partial charge is 0.361 e. The molecule has 0 radical (unpaired) electrons. The van der Waals surface area contributed by atoms with Crippen molar-refractivity contribution < 1.29 is 12.9 Å². The molecule has 0 unspecified atom stereocenters. The van der Waals surface area contributed by atoms with Crippen molar-refractivity contribution in [1.29, 1.82) is 0 Å². The van der Waals surface area contributed by atoms with Gasteiger partial charge < -0.3 is 9.84 Å². The van der Waals surface area contributed by atoms with E-state index >= 15 is 0 Å². The summed E-state index contributed by atoms with van der Waals surface area (Å²) in [5.41, 5.74) is 1.50. The second-order valence-electron chi connectivity index (χ2n) is 5.05. The van der Waals surface area contributed by atoms with Crippen molar-refractivity contribution in [2.45, 2.75) is 40.2 Å². The van der Waals surface area contributed by atoms with Crippen LogP contribution in [-0.2, 0) is 16.8 Å². The van der Waals surface area contributed by atoms with Crippen molar-refractivity contribution >= 4 is 10.2 Å². The zero-order chi connectivity index (χ0) is 15.9. The third kappa shape index (κ3) is 5.74. The van der Waals surface area contributed by atoms with Gasteiger partial charge in [-0.3, -0.25) is 0 Å². The molecule has 21 heavy (non-hydrogen) atoms. The summed E-state index contributed by atoms with van der Waals surface area (Å²) in [6.07, 6.45) is 1.86. The van der Waals surface area contributed by atoms with E-state index in [1.807, 2.05) is 0 Å². The van der Waals surface area contributed by atoms with Crippen molar-refractivity contribution in [2.75, 3.05) is 26.7 Å². The van der Waals surface area contributed by atoms with E-state index in [1.54, 1.807) is 20.9 Å². The highest BCUT2D eigenvalue weighted by Crippen LogP contribution is 2.12. The number of hydrogen-bond acceptors (Lipinski definition) is 5. The molecule has 1 aromatic heterocycles. The van der Waals surface area contributed by atoms with Crippen molar-refractivity contribution in [3.8, 4) is 0 Å². The molecule has 1 rings (SSSR count). The average Bonchev–Trinajstić information content (AvgIpc) is 2.75. The average molecular weight is 318 g/mol. The Morgan fingerprint density at radius 1 is 1.29 bits per heavy atom. The minimum absolute atomic E-state index is 0.196. The molecule has 0 aliphatic rings. The Bertz CT molecular complexity index is 508. The van der Waals surface area contributed by atoms with Gasteiger partial charge in [0.2, 0.25) is 0 Å². The molecule has 0 aromatic carbocycles. The van der Waals surface area contributed by atoms with Gasteiger partial charge in [0, 0.05) is 25.7 Å². The highest BCUT2D eigenvalue weighted by atomic mass is 32.2. The molecule has 1 heterocycles. The lowest BCUT2D eigenvalue weighted by Gasteiger charge is -2.17. The van der Waals surface area contributed by atoms with Crippen molar-refractivity contribution in [3.05, 3.63) is 17.0 Å². The maximum atomic E-state index is 12.1. The molecule has 0 bridgehead atoms. The van der Waals surface area contributed by atoms with E-state index in [1.165, 1.54) is 4.31 Å². The number of hydrogen-bond donors (Lipinski definition) is 2. The summed E-state index contributed by atoms with van der Waals surface area (Å²) in [5, 5.41) is 7.06. The van der Waals surface area contributed by atoms with E-state index in [-0.39, 0.29) is 6.54 Å². The van der Waals surface area contributed by atoms with Gasteiger partial charge in [0.05, 0.1) is 5.69 Å². The smallest absolute Gasteiger partial charge is 0.279 e. The molecule has 0 fully saturated rings. The van der Waals surface area contributed by atoms with Gasteiger partial charge in [0.15, 0.2) is 0 Å². The first-order valence-corrected chi connectivity index (χ1v) is 8.66. The number of aryl methyl sites for hydroxylation is 2. The van der Waals surface area contributed by atoms with E-state index in [0.29, 0.717) is 18.0 Å². The van der Waals surface area contributed by atoms with Gasteiger partial charge in [-0.05, 0) is 39.8 Å². The molecule has 0 aliphatic heterocycles. The zero-order valence-electron chi connectivity index (χ0n) is 13.3. The van der Waals surface area contributed by atoms with Crippen LogP contribution < -0.4 is 10.0 Å². The highest BCUT2D eigenvalue weighted by molar-refractivity contribution is 7.87. The van der Waals surface area contributed by atoms with Crippen LogP contribution in [0, 0.1) is 13.8 Å². The van der Waals surface area contributed by atoms with Crippen LogP contribution in [0.3, 0.4) is 0 Å². The molecule has 8 heteroatoms. The lowest BCUT2D eigenvalue weighted by molar-refractivity contribution is 0.392. The molecular weight excluding hydrogens is 292 g/mol. The van der Waals surface area contributed by atoms with Crippen LogP contribution in [0.4, 0.5) is 0 Å². The summed E-state index contributed by atoms with van der Waals surface area (Å²) in [6, 6.07) is 0. The summed E-state index contributed by atoms with van der Waals surface area (Å²) in [6.45, 7) is 8.12. The van der Waals surface area contributed by atoms with Gasteiger partial charge in [-0.1, -0.05) is 12.1 Å². The summed E-state index contributed by atoms with van der Waals surface area (Å²) in [4.78, 5) is 0. The number of nitrogens with zero attached hydrogens (tertiary/aromatic N) is 2. The minimum Gasteiger partial charge on any atom is -0.361 e. The lowest BCUT2D eigenvalue weighted by atomic mass is 10.2. The summed E-state index contributed by atoms with van der Waals surface area (Å²) < 4.78 is 33.1. The quantitative estimate of drug-likeness (QED) is 0.627. The van der Waals surface area contributed by atoms with E-state index < -0.39 is 10.2 Å². The van der Waals surface area contributed by atoms with Crippen LogP contribution in [0.2, 0.25) is 0 Å². The molecule has 0 spiro atoms. The van der Waals surface area contributed by atoms with Crippen molar-refractivity contribution in [1.82, 2.24) is 19.5 Å². The Hall–Kier alpha value is -0.960.